The molecule has 1 aromatic carbocycles. The van der Waals surface area contributed by atoms with Crippen molar-refractivity contribution >= 4 is 0 Å². The minimum absolute atomic E-state index is 0.209. The lowest BCUT2D eigenvalue weighted by atomic mass is 9.82. The lowest BCUT2D eigenvalue weighted by molar-refractivity contribution is -0.489. The predicted octanol–water partition coefficient (Wildman–Crippen LogP) is 11.3. The van der Waals surface area contributed by atoms with Gasteiger partial charge in [-0.05, 0) is 24.3 Å². The smallest absolute Gasteiger partial charge is 0.460 e. The molecule has 0 amide bonds. The van der Waals surface area contributed by atoms with E-state index in [1.807, 2.05) is 0 Å². The quantitative estimate of drug-likeness (QED) is 0.185. The highest BCUT2D eigenvalue weighted by atomic mass is 19.4. The van der Waals surface area contributed by atoms with Crippen LogP contribution in [0.2, 0.25) is 0 Å². The molecule has 312 valence electrons. The fourth-order valence-electron chi connectivity index (χ4n) is 3.40. The Morgan fingerprint density at radius 1 is 0.245 bits per heavy atom. The maximum atomic E-state index is 14.1. The second-order valence-electron chi connectivity index (χ2n) is 10.1. The van der Waals surface area contributed by atoms with Gasteiger partial charge in [0.2, 0.25) is 0 Å². The fraction of sp³-hybridized carbons (Fsp3) is 0.714. The van der Waals surface area contributed by atoms with Gasteiger partial charge in [0.25, 0.3) is 0 Å². The molecule has 0 saturated carbocycles. The molecule has 32 heteroatoms. The van der Waals surface area contributed by atoms with Crippen molar-refractivity contribution in [3.63, 3.8) is 0 Å². The Kier molecular flexibility index (Phi) is 10.8. The zero-order valence-corrected chi connectivity index (χ0v) is 23.0. The second-order valence-corrected chi connectivity index (χ2v) is 10.1. The molecule has 53 heavy (non-hydrogen) atoms. The van der Waals surface area contributed by atoms with Crippen molar-refractivity contribution in [1.82, 2.24) is 0 Å². The molecule has 0 fully saturated rings. The maximum absolute atomic E-state index is 14.1. The topological polar surface area (TPSA) is 20.2 Å². The van der Waals surface area contributed by atoms with Crippen molar-refractivity contribution in [1.29, 1.82) is 0 Å². The highest BCUT2D eigenvalue weighted by molar-refractivity contribution is 5.32. The number of benzene rings is 1. The second kappa shape index (κ2) is 11.9. The van der Waals surface area contributed by atoms with Gasteiger partial charge in [-0.1, -0.05) is 0 Å². The van der Waals surface area contributed by atoms with Crippen LogP contribution in [0, 0.1) is 0 Å². The van der Waals surface area contributed by atoms with Gasteiger partial charge in [0.15, 0.2) is 0 Å². The molecule has 0 aliphatic heterocycles. The fourth-order valence-corrected chi connectivity index (χ4v) is 3.40. The van der Waals surface area contributed by atoms with E-state index in [1.165, 1.54) is 0 Å². The molecular formula is C21H5F31O. The largest absolute Gasteiger partial charge is 0.508 e. The van der Waals surface area contributed by atoms with E-state index in [1.54, 1.807) is 0 Å². The van der Waals surface area contributed by atoms with Gasteiger partial charge >= 0.3 is 89.1 Å². The van der Waals surface area contributed by atoms with E-state index in [0.717, 1.165) is 0 Å². The molecule has 0 spiro atoms. The molecule has 0 atom stereocenters. The van der Waals surface area contributed by atoms with Gasteiger partial charge in [-0.2, -0.15) is 136 Å². The van der Waals surface area contributed by atoms with Gasteiger partial charge in [-0.15, -0.1) is 0 Å². The molecule has 0 aromatic heterocycles. The zero-order chi connectivity index (χ0) is 43.5. The van der Waals surface area contributed by atoms with Gasteiger partial charge in [0.1, 0.15) is 5.75 Å². The first-order chi connectivity index (χ1) is 22.5. The SMILES string of the molecule is Oc1ccc(C(F)(F)C(F)(F)C(F)(F)C(F)(F)C(F)(F)C(F)(F)C(F)(F)C(F)(F)C(F)(F)C(F)(F)C(F)(F)C(F)(F)C(F)(F)C(F)(F)C(F)(F)F)cc1. The van der Waals surface area contributed by atoms with Crippen molar-refractivity contribution in [3.8, 4) is 5.75 Å². The van der Waals surface area contributed by atoms with E-state index < -0.39 is 113 Å². The van der Waals surface area contributed by atoms with Crippen LogP contribution in [0.15, 0.2) is 24.3 Å². The van der Waals surface area contributed by atoms with Crippen LogP contribution >= 0.6 is 0 Å². The lowest BCUT2D eigenvalue weighted by Gasteiger charge is -2.46. The molecule has 0 radical (unpaired) electrons. The normalized spacial score (nSPS) is 16.7. The number of alkyl halides is 31. The summed E-state index contributed by atoms with van der Waals surface area (Å²) >= 11 is 0. The van der Waals surface area contributed by atoms with E-state index in [0.29, 0.717) is 0 Å². The standard InChI is InChI=1S/C21H5F31O/c22-7(23,5-1-3-6(53)4-2-5)8(24,25)9(26,27)10(28,29)11(30,31)12(32,33)13(34,35)14(36,37)15(38,39)16(40,41)17(42,43)18(44,45)19(46,47)20(48,49)21(50,51)52/h1-4,53H. The van der Waals surface area contributed by atoms with Crippen molar-refractivity contribution in [2.45, 2.75) is 89.1 Å². The number of hydrogen-bond acceptors (Lipinski definition) is 1. The van der Waals surface area contributed by atoms with Gasteiger partial charge < -0.3 is 5.11 Å². The molecule has 0 heterocycles. The van der Waals surface area contributed by atoms with E-state index in [9.17, 15) is 136 Å². The molecule has 0 aliphatic carbocycles. The van der Waals surface area contributed by atoms with Crippen LogP contribution in [-0.2, 0) is 5.92 Å². The summed E-state index contributed by atoms with van der Waals surface area (Å²) in [4.78, 5) is 0. The van der Waals surface area contributed by atoms with Gasteiger partial charge in [0, 0.05) is 5.56 Å². The van der Waals surface area contributed by atoms with Crippen LogP contribution < -0.4 is 0 Å². The van der Waals surface area contributed by atoms with Crippen LogP contribution in [0.25, 0.3) is 0 Å². The van der Waals surface area contributed by atoms with Crippen LogP contribution in [0.3, 0.4) is 0 Å². The summed E-state index contributed by atoms with van der Waals surface area (Å²) in [5, 5.41) is 8.84. The number of hydrogen-bond donors (Lipinski definition) is 1. The third-order valence-corrected chi connectivity index (χ3v) is 6.71. The van der Waals surface area contributed by atoms with Crippen molar-refractivity contribution in [2.24, 2.45) is 0 Å². The Labute approximate surface area is 267 Å². The molecular weight excluding hydrogens is 857 g/mol. The molecule has 0 aliphatic rings. The molecule has 0 bridgehead atoms. The minimum atomic E-state index is -10.1. The Morgan fingerprint density at radius 3 is 0.604 bits per heavy atom. The van der Waals surface area contributed by atoms with E-state index in [4.69, 9.17) is 5.11 Å². The molecule has 1 rings (SSSR count). The molecule has 0 saturated heterocycles. The summed E-state index contributed by atoms with van der Waals surface area (Å²) in [7, 11) is 0. The summed E-state index contributed by atoms with van der Waals surface area (Å²) in [5.41, 5.74) is -2.80. The minimum Gasteiger partial charge on any atom is -0.508 e. The summed E-state index contributed by atoms with van der Waals surface area (Å²) < 4.78 is 421. The van der Waals surface area contributed by atoms with Crippen LogP contribution in [0.5, 0.6) is 5.75 Å². The lowest BCUT2D eigenvalue weighted by Crippen LogP contribution is -2.79. The average Bonchev–Trinajstić information content (AvgIpc) is 2.95. The van der Waals surface area contributed by atoms with Crippen LogP contribution in [-0.4, -0.2) is 88.3 Å². The number of rotatable bonds is 14. The van der Waals surface area contributed by atoms with Gasteiger partial charge in [0.05, 0.1) is 0 Å². The monoisotopic (exact) mass is 862 g/mol. The number of aromatic hydroxyl groups is 1. The third-order valence-electron chi connectivity index (χ3n) is 6.71. The van der Waals surface area contributed by atoms with Crippen molar-refractivity contribution in [2.75, 3.05) is 0 Å². The molecule has 1 nitrogen and oxygen atoms in total. The Morgan fingerprint density at radius 2 is 0.415 bits per heavy atom. The zero-order valence-electron chi connectivity index (χ0n) is 23.0. The van der Waals surface area contributed by atoms with Crippen molar-refractivity contribution in [3.05, 3.63) is 29.8 Å². The van der Waals surface area contributed by atoms with E-state index >= 15 is 0 Å². The molecule has 1 aromatic rings. The Bertz CT molecular complexity index is 1480. The Hall–Kier alpha value is -3.15. The first-order valence-corrected chi connectivity index (χ1v) is 11.7. The maximum Gasteiger partial charge on any atom is 0.460 e. The summed E-state index contributed by atoms with van der Waals surface area (Å²) in [6, 6.07) is -1.72. The van der Waals surface area contributed by atoms with Gasteiger partial charge in [-0.3, -0.25) is 0 Å². The summed E-state index contributed by atoms with van der Waals surface area (Å²) in [6.45, 7) is 0. The predicted molar refractivity (Wildman–Crippen MR) is 102 cm³/mol. The summed E-state index contributed by atoms with van der Waals surface area (Å²) in [5.74, 6) is -133. The number of phenolic OH excluding ortho intramolecular Hbond substituents is 1. The van der Waals surface area contributed by atoms with Crippen LogP contribution in [0.4, 0.5) is 136 Å². The van der Waals surface area contributed by atoms with E-state index in [-0.39, 0.29) is 12.1 Å². The van der Waals surface area contributed by atoms with Crippen molar-refractivity contribution < 1.29 is 141 Å². The highest BCUT2D eigenvalue weighted by Gasteiger charge is 3.01. The first kappa shape index (κ1) is 47.9. The number of phenols is 1. The third kappa shape index (κ3) is 5.56. The van der Waals surface area contributed by atoms with Gasteiger partial charge in [-0.25, -0.2) is 0 Å². The molecule has 0 unspecified atom stereocenters. The van der Waals surface area contributed by atoms with Crippen LogP contribution in [0.1, 0.15) is 5.56 Å². The highest BCUT2D eigenvalue weighted by Crippen LogP contribution is 2.69. The van der Waals surface area contributed by atoms with E-state index in [2.05, 4.69) is 0 Å². The molecule has 1 N–H and O–H groups in total. The Balaban J connectivity index is 4.02. The summed E-state index contributed by atoms with van der Waals surface area (Å²) in [6.07, 6.45) is -8.35. The first-order valence-electron chi connectivity index (χ1n) is 11.7. The average molecular weight is 862 g/mol. The number of halogens is 31.